The Balaban J connectivity index is 2.28. The molecule has 0 spiro atoms. The van der Waals surface area contributed by atoms with E-state index in [-0.39, 0.29) is 24.3 Å². The first-order valence-electron chi connectivity index (χ1n) is 6.98. The van der Waals surface area contributed by atoms with Gasteiger partial charge in [-0.15, -0.1) is 0 Å². The molecule has 19 heavy (non-hydrogen) atoms. The third-order valence-corrected chi connectivity index (χ3v) is 3.73. The van der Waals surface area contributed by atoms with Gasteiger partial charge in [-0.05, 0) is 61.2 Å². The summed E-state index contributed by atoms with van der Waals surface area (Å²) >= 11 is 0. The maximum atomic E-state index is 11.6. The fourth-order valence-corrected chi connectivity index (χ4v) is 1.71. The van der Waals surface area contributed by atoms with Crippen molar-refractivity contribution in [1.82, 2.24) is 0 Å². The van der Waals surface area contributed by atoms with E-state index in [4.69, 9.17) is 14.0 Å². The second-order valence-corrected chi connectivity index (χ2v) is 7.21. The van der Waals surface area contributed by atoms with E-state index < -0.39 is 5.41 Å². The summed E-state index contributed by atoms with van der Waals surface area (Å²) in [5, 5.41) is 0. The summed E-state index contributed by atoms with van der Waals surface area (Å²) in [6.07, 6.45) is 1.49. The second kappa shape index (κ2) is 5.45. The largest absolute Gasteiger partial charge is 0.465 e. The van der Waals surface area contributed by atoms with Crippen molar-refractivity contribution in [2.24, 2.45) is 5.41 Å². The normalized spacial score (nSPS) is 21.5. The molecule has 0 radical (unpaired) electrons. The number of hydrogen-bond acceptors (Lipinski definition) is 4. The highest BCUT2D eigenvalue weighted by molar-refractivity contribution is 6.45. The molecule has 110 valence electrons. The minimum Gasteiger partial charge on any atom is -0.465 e. The molecule has 1 heterocycles. The van der Waals surface area contributed by atoms with Crippen molar-refractivity contribution in [3.63, 3.8) is 0 Å². The number of hydrogen-bond donors (Lipinski definition) is 0. The smallest absolute Gasteiger partial charge is 0.457 e. The average Bonchev–Trinajstić information content (AvgIpc) is 2.40. The van der Waals surface area contributed by atoms with E-state index in [0.29, 0.717) is 6.61 Å². The lowest BCUT2D eigenvalue weighted by Crippen LogP contribution is -2.41. The zero-order chi connectivity index (χ0) is 14.9. The summed E-state index contributed by atoms with van der Waals surface area (Å²) in [6.45, 7) is 14.1. The molecule has 0 bridgehead atoms. The average molecular weight is 270 g/mol. The van der Waals surface area contributed by atoms with Crippen LogP contribution in [0.1, 0.15) is 54.9 Å². The van der Waals surface area contributed by atoms with Gasteiger partial charge in [-0.25, -0.2) is 0 Å². The number of ether oxygens (including phenoxy) is 1. The third-order valence-electron chi connectivity index (χ3n) is 3.73. The zero-order valence-corrected chi connectivity index (χ0v) is 13.3. The molecule has 1 aliphatic heterocycles. The van der Waals surface area contributed by atoms with E-state index in [0.717, 1.165) is 12.7 Å². The Kier molecular flexibility index (Phi) is 4.73. The fraction of sp³-hybridized carbons (Fsp3) is 0.929. The quantitative estimate of drug-likeness (QED) is 0.447. The minimum atomic E-state index is -0.440. The van der Waals surface area contributed by atoms with Gasteiger partial charge in [0.15, 0.2) is 0 Å². The predicted octanol–water partition coefficient (Wildman–Crippen LogP) is 3.06. The standard InChI is InChI=1S/C14H27BO4/c1-12(2,3)11(16)17-10-8-9-15-18-13(4,5)14(6,7)19-15/h8-10H2,1-7H3. The van der Waals surface area contributed by atoms with E-state index in [1.807, 2.05) is 48.5 Å². The van der Waals surface area contributed by atoms with E-state index in [1.165, 1.54) is 0 Å². The molecular formula is C14H27BO4. The second-order valence-electron chi connectivity index (χ2n) is 7.21. The first kappa shape index (κ1) is 16.5. The SMILES string of the molecule is CC(C)(C)C(=O)OCCCB1OC(C)(C)C(C)(C)O1. The number of rotatable bonds is 4. The molecule has 0 amide bonds. The van der Waals surface area contributed by atoms with Crippen molar-refractivity contribution in [2.45, 2.75) is 72.4 Å². The Morgan fingerprint density at radius 1 is 1.11 bits per heavy atom. The molecule has 0 unspecified atom stereocenters. The molecule has 1 fully saturated rings. The summed E-state index contributed by atoms with van der Waals surface area (Å²) < 4.78 is 17.0. The van der Waals surface area contributed by atoms with Crippen molar-refractivity contribution < 1.29 is 18.8 Å². The van der Waals surface area contributed by atoms with Crippen LogP contribution < -0.4 is 0 Å². The molecule has 1 saturated heterocycles. The fourth-order valence-electron chi connectivity index (χ4n) is 1.71. The van der Waals surface area contributed by atoms with Gasteiger partial charge in [0.1, 0.15) is 0 Å². The van der Waals surface area contributed by atoms with Crippen LogP contribution in [0.25, 0.3) is 0 Å². The summed E-state index contributed by atoms with van der Waals surface area (Å²) in [6, 6.07) is 0. The summed E-state index contributed by atoms with van der Waals surface area (Å²) in [5.74, 6) is -0.165. The summed E-state index contributed by atoms with van der Waals surface area (Å²) in [5.41, 5.74) is -1.02. The van der Waals surface area contributed by atoms with Crippen molar-refractivity contribution in [1.29, 1.82) is 0 Å². The Morgan fingerprint density at radius 3 is 2.00 bits per heavy atom. The maximum absolute atomic E-state index is 11.6. The van der Waals surface area contributed by atoms with Crippen LogP contribution in [0.5, 0.6) is 0 Å². The van der Waals surface area contributed by atoms with Gasteiger partial charge < -0.3 is 14.0 Å². The van der Waals surface area contributed by atoms with Crippen LogP contribution in [0.15, 0.2) is 0 Å². The van der Waals surface area contributed by atoms with Gasteiger partial charge in [-0.1, -0.05) is 0 Å². The maximum Gasteiger partial charge on any atom is 0.457 e. The number of carbonyl (C=O) groups is 1. The van der Waals surface area contributed by atoms with Crippen molar-refractivity contribution in [2.75, 3.05) is 6.61 Å². The van der Waals surface area contributed by atoms with Crippen LogP contribution in [0.4, 0.5) is 0 Å². The molecular weight excluding hydrogens is 243 g/mol. The number of carbonyl (C=O) groups excluding carboxylic acids is 1. The topological polar surface area (TPSA) is 44.8 Å². The Labute approximate surface area is 117 Å². The van der Waals surface area contributed by atoms with Gasteiger partial charge in [0, 0.05) is 0 Å². The highest BCUT2D eigenvalue weighted by Crippen LogP contribution is 2.37. The lowest BCUT2D eigenvalue weighted by Gasteiger charge is -2.32. The van der Waals surface area contributed by atoms with E-state index in [1.54, 1.807) is 0 Å². The van der Waals surface area contributed by atoms with Crippen molar-refractivity contribution >= 4 is 13.1 Å². The molecule has 5 heteroatoms. The molecule has 0 aromatic carbocycles. The Morgan fingerprint density at radius 2 is 1.58 bits per heavy atom. The molecule has 0 atom stereocenters. The third kappa shape index (κ3) is 4.21. The molecule has 4 nitrogen and oxygen atoms in total. The van der Waals surface area contributed by atoms with E-state index in [2.05, 4.69) is 0 Å². The minimum absolute atomic E-state index is 0.165. The summed E-state index contributed by atoms with van der Waals surface area (Å²) in [4.78, 5) is 11.6. The van der Waals surface area contributed by atoms with Crippen LogP contribution in [-0.2, 0) is 18.8 Å². The molecule has 0 saturated carbocycles. The van der Waals surface area contributed by atoms with Gasteiger partial charge >= 0.3 is 13.1 Å². The van der Waals surface area contributed by atoms with Crippen molar-refractivity contribution in [3.8, 4) is 0 Å². The molecule has 0 N–H and O–H groups in total. The lowest BCUT2D eigenvalue weighted by atomic mass is 9.83. The highest BCUT2D eigenvalue weighted by Gasteiger charge is 2.50. The zero-order valence-electron chi connectivity index (χ0n) is 13.3. The van der Waals surface area contributed by atoms with Gasteiger partial charge in [0.25, 0.3) is 0 Å². The van der Waals surface area contributed by atoms with Gasteiger partial charge in [-0.2, -0.15) is 0 Å². The first-order chi connectivity index (χ1) is 8.46. The molecule has 1 aliphatic rings. The molecule has 0 aliphatic carbocycles. The van der Waals surface area contributed by atoms with E-state index >= 15 is 0 Å². The molecule has 0 aromatic rings. The van der Waals surface area contributed by atoms with Gasteiger partial charge in [0.2, 0.25) is 0 Å². The van der Waals surface area contributed by atoms with Gasteiger partial charge in [0.05, 0.1) is 23.2 Å². The van der Waals surface area contributed by atoms with Crippen LogP contribution >= 0.6 is 0 Å². The van der Waals surface area contributed by atoms with Crippen LogP contribution in [0.3, 0.4) is 0 Å². The summed E-state index contributed by atoms with van der Waals surface area (Å²) in [7, 11) is -0.210. The Hall–Kier alpha value is -0.545. The molecule has 0 aromatic heterocycles. The predicted molar refractivity (Wildman–Crippen MR) is 75.9 cm³/mol. The Bertz CT molecular complexity index is 315. The van der Waals surface area contributed by atoms with Crippen LogP contribution in [-0.4, -0.2) is 30.9 Å². The monoisotopic (exact) mass is 270 g/mol. The molecule has 1 rings (SSSR count). The van der Waals surface area contributed by atoms with Crippen LogP contribution in [0, 0.1) is 5.41 Å². The lowest BCUT2D eigenvalue weighted by molar-refractivity contribution is -0.152. The van der Waals surface area contributed by atoms with Gasteiger partial charge in [-0.3, -0.25) is 4.79 Å². The highest BCUT2D eigenvalue weighted by atomic mass is 16.7. The number of esters is 1. The van der Waals surface area contributed by atoms with E-state index in [9.17, 15) is 4.79 Å². The first-order valence-corrected chi connectivity index (χ1v) is 6.98. The van der Waals surface area contributed by atoms with Crippen LogP contribution in [0.2, 0.25) is 6.32 Å². The van der Waals surface area contributed by atoms with Crippen molar-refractivity contribution in [3.05, 3.63) is 0 Å².